The molecule has 0 heterocycles. The Morgan fingerprint density at radius 2 is 1.83 bits per heavy atom. The summed E-state index contributed by atoms with van der Waals surface area (Å²) in [5.41, 5.74) is 1.27. The summed E-state index contributed by atoms with van der Waals surface area (Å²) < 4.78 is 26.5. The van der Waals surface area contributed by atoms with Gasteiger partial charge in [0.1, 0.15) is 0 Å². The molecule has 0 fully saturated rings. The predicted octanol–water partition coefficient (Wildman–Crippen LogP) is 3.91. The number of rotatable bonds is 4. The summed E-state index contributed by atoms with van der Waals surface area (Å²) in [5, 5.41) is 2.99. The normalized spacial score (nSPS) is 11.6. The molecule has 0 atom stereocenters. The van der Waals surface area contributed by atoms with Gasteiger partial charge in [-0.25, -0.2) is 12.7 Å². The van der Waals surface area contributed by atoms with Gasteiger partial charge in [0.2, 0.25) is 10.0 Å². The van der Waals surface area contributed by atoms with Crippen molar-refractivity contribution in [2.45, 2.75) is 11.8 Å². The summed E-state index contributed by atoms with van der Waals surface area (Å²) in [4.78, 5) is 12.5. The van der Waals surface area contributed by atoms with Crippen LogP contribution < -0.4 is 5.32 Å². The number of nitrogens with zero attached hydrogens (tertiary/aromatic N) is 1. The van der Waals surface area contributed by atoms with Crippen molar-refractivity contribution in [2.24, 2.45) is 0 Å². The number of hydrogen-bond donors (Lipinski definition) is 1. The Morgan fingerprint density at radius 3 is 2.46 bits per heavy atom. The highest BCUT2D eigenvalue weighted by molar-refractivity contribution is 9.10. The van der Waals surface area contributed by atoms with Crippen molar-refractivity contribution in [3.63, 3.8) is 0 Å². The van der Waals surface area contributed by atoms with Crippen LogP contribution in [0.1, 0.15) is 15.9 Å². The molecule has 24 heavy (non-hydrogen) atoms. The third kappa shape index (κ3) is 3.97. The van der Waals surface area contributed by atoms with E-state index in [0.29, 0.717) is 21.8 Å². The van der Waals surface area contributed by atoms with Gasteiger partial charge >= 0.3 is 0 Å². The summed E-state index contributed by atoms with van der Waals surface area (Å²) in [6, 6.07) is 9.67. The van der Waals surface area contributed by atoms with E-state index in [1.165, 1.54) is 20.2 Å². The molecule has 0 bridgehead atoms. The van der Waals surface area contributed by atoms with Crippen LogP contribution in [0, 0.1) is 6.92 Å². The largest absolute Gasteiger partial charge is 0.322 e. The van der Waals surface area contributed by atoms with Crippen molar-refractivity contribution in [3.05, 3.63) is 57.0 Å². The maximum Gasteiger partial charge on any atom is 0.257 e. The second-order valence-corrected chi connectivity index (χ2v) is 8.79. The van der Waals surface area contributed by atoms with Crippen molar-refractivity contribution >= 4 is 49.1 Å². The van der Waals surface area contributed by atoms with Crippen LogP contribution in [0.5, 0.6) is 0 Å². The number of sulfonamides is 1. The third-order valence-corrected chi connectivity index (χ3v) is 6.16. The molecule has 0 saturated carbocycles. The minimum absolute atomic E-state index is 0.144. The van der Waals surface area contributed by atoms with Gasteiger partial charge < -0.3 is 5.32 Å². The molecule has 0 aliphatic heterocycles. The first-order valence-corrected chi connectivity index (χ1v) is 9.53. The van der Waals surface area contributed by atoms with Crippen LogP contribution in [0.15, 0.2) is 45.8 Å². The lowest BCUT2D eigenvalue weighted by molar-refractivity contribution is 0.102. The first-order valence-electron chi connectivity index (χ1n) is 6.92. The Hall–Kier alpha value is -1.41. The van der Waals surface area contributed by atoms with E-state index in [0.717, 1.165) is 8.78 Å². The fourth-order valence-corrected chi connectivity index (χ4v) is 3.73. The van der Waals surface area contributed by atoms with E-state index in [4.69, 9.17) is 11.6 Å². The van der Waals surface area contributed by atoms with Gasteiger partial charge in [0.15, 0.2) is 0 Å². The molecule has 2 aromatic rings. The molecule has 1 N–H and O–H groups in total. The molecule has 8 heteroatoms. The second-order valence-electron chi connectivity index (χ2n) is 5.35. The minimum Gasteiger partial charge on any atom is -0.322 e. The molecule has 0 aliphatic carbocycles. The fraction of sp³-hybridized carbons (Fsp3) is 0.188. The average Bonchev–Trinajstić information content (AvgIpc) is 2.51. The van der Waals surface area contributed by atoms with Crippen molar-refractivity contribution in [1.29, 1.82) is 0 Å². The van der Waals surface area contributed by atoms with Crippen LogP contribution in [0.3, 0.4) is 0 Å². The van der Waals surface area contributed by atoms with Crippen LogP contribution in [0.25, 0.3) is 0 Å². The van der Waals surface area contributed by atoms with Gasteiger partial charge in [0.05, 0.1) is 15.5 Å². The van der Waals surface area contributed by atoms with Crippen LogP contribution in [-0.2, 0) is 10.0 Å². The molecule has 0 spiro atoms. The number of nitrogens with one attached hydrogen (secondary N) is 1. The van der Waals surface area contributed by atoms with E-state index in [1.807, 2.05) is 0 Å². The summed E-state index contributed by atoms with van der Waals surface area (Å²) in [5.74, 6) is -0.418. The molecule has 0 aliphatic rings. The maximum absolute atomic E-state index is 12.4. The van der Waals surface area contributed by atoms with Gasteiger partial charge in [-0.05, 0) is 42.8 Å². The first kappa shape index (κ1) is 18.9. The van der Waals surface area contributed by atoms with Crippen molar-refractivity contribution in [1.82, 2.24) is 4.31 Å². The number of carbonyl (C=O) groups excluding carboxylic acids is 1. The van der Waals surface area contributed by atoms with Gasteiger partial charge in [-0.1, -0.05) is 33.6 Å². The Kier molecular flexibility index (Phi) is 5.70. The zero-order valence-corrected chi connectivity index (χ0v) is 16.5. The van der Waals surface area contributed by atoms with E-state index in [2.05, 4.69) is 21.2 Å². The van der Waals surface area contributed by atoms with E-state index >= 15 is 0 Å². The molecule has 1 amide bonds. The number of carbonyl (C=O) groups is 1. The van der Waals surface area contributed by atoms with Gasteiger partial charge in [0.25, 0.3) is 5.91 Å². The average molecular weight is 432 g/mol. The number of halogens is 2. The molecule has 0 radical (unpaired) electrons. The van der Waals surface area contributed by atoms with Gasteiger partial charge in [-0.15, -0.1) is 0 Å². The topological polar surface area (TPSA) is 66.5 Å². The van der Waals surface area contributed by atoms with Crippen molar-refractivity contribution < 1.29 is 13.2 Å². The van der Waals surface area contributed by atoms with E-state index < -0.39 is 15.9 Å². The SMILES string of the molecule is Cc1ccc(NC(=O)c2cc(Br)ccc2Cl)cc1S(=O)(=O)N(C)C. The monoisotopic (exact) mass is 430 g/mol. The second kappa shape index (κ2) is 7.23. The highest BCUT2D eigenvalue weighted by Gasteiger charge is 2.21. The molecule has 0 unspecified atom stereocenters. The standard InChI is InChI=1S/C16H16BrClN2O3S/c1-10-4-6-12(9-15(10)24(22,23)20(2)3)19-16(21)13-8-11(17)5-7-14(13)18/h4-9H,1-3H3,(H,19,21). The molecule has 128 valence electrons. The van der Waals surface area contributed by atoms with E-state index in [-0.39, 0.29) is 4.90 Å². The zero-order valence-electron chi connectivity index (χ0n) is 13.3. The highest BCUT2D eigenvalue weighted by Crippen LogP contribution is 2.25. The first-order chi connectivity index (χ1) is 11.1. The predicted molar refractivity (Wildman–Crippen MR) is 99.2 cm³/mol. The van der Waals surface area contributed by atoms with E-state index in [1.54, 1.807) is 37.3 Å². The number of hydrogen-bond acceptors (Lipinski definition) is 3. The van der Waals surface area contributed by atoms with Crippen LogP contribution in [-0.4, -0.2) is 32.7 Å². The molecule has 0 saturated heterocycles. The van der Waals surface area contributed by atoms with E-state index in [9.17, 15) is 13.2 Å². The number of anilines is 1. The molecule has 2 rings (SSSR count). The van der Waals surface area contributed by atoms with Crippen LogP contribution in [0.2, 0.25) is 5.02 Å². The summed E-state index contributed by atoms with van der Waals surface area (Å²) >= 11 is 9.33. The third-order valence-electron chi connectivity index (χ3n) is 3.38. The zero-order chi connectivity index (χ0) is 18.1. The molecular weight excluding hydrogens is 416 g/mol. The number of benzene rings is 2. The van der Waals surface area contributed by atoms with Gasteiger partial charge in [-0.3, -0.25) is 4.79 Å². The number of amides is 1. The van der Waals surface area contributed by atoms with Crippen LogP contribution >= 0.6 is 27.5 Å². The lowest BCUT2D eigenvalue weighted by Crippen LogP contribution is -2.23. The lowest BCUT2D eigenvalue weighted by Gasteiger charge is -2.15. The summed E-state index contributed by atoms with van der Waals surface area (Å²) in [6.45, 7) is 1.70. The maximum atomic E-state index is 12.4. The Balaban J connectivity index is 2.38. The molecular formula is C16H16BrClN2O3S. The highest BCUT2D eigenvalue weighted by atomic mass is 79.9. The smallest absolute Gasteiger partial charge is 0.257 e. The Bertz CT molecular complexity index is 898. The van der Waals surface area contributed by atoms with Crippen molar-refractivity contribution in [2.75, 3.05) is 19.4 Å². The fourth-order valence-electron chi connectivity index (χ4n) is 2.02. The molecule has 2 aromatic carbocycles. The van der Waals surface area contributed by atoms with Crippen molar-refractivity contribution in [3.8, 4) is 0 Å². The summed E-state index contributed by atoms with van der Waals surface area (Å²) in [7, 11) is -0.678. The quantitative estimate of drug-likeness (QED) is 0.798. The van der Waals surface area contributed by atoms with Gasteiger partial charge in [0, 0.05) is 24.3 Å². The number of aryl methyl sites for hydroxylation is 1. The Morgan fingerprint density at radius 1 is 1.17 bits per heavy atom. The Labute approximate surface area is 154 Å². The van der Waals surface area contributed by atoms with Gasteiger partial charge in [-0.2, -0.15) is 0 Å². The minimum atomic E-state index is -3.60. The molecule has 5 nitrogen and oxygen atoms in total. The lowest BCUT2D eigenvalue weighted by atomic mass is 10.2. The van der Waals surface area contributed by atoms with Crippen LogP contribution in [0.4, 0.5) is 5.69 Å². The molecule has 0 aromatic heterocycles. The summed E-state index contributed by atoms with van der Waals surface area (Å²) in [6.07, 6.45) is 0.